The van der Waals surface area contributed by atoms with Crippen LogP contribution in [0.4, 0.5) is 5.69 Å². The summed E-state index contributed by atoms with van der Waals surface area (Å²) in [6.07, 6.45) is 0. The lowest BCUT2D eigenvalue weighted by Gasteiger charge is -2.12. The van der Waals surface area contributed by atoms with Crippen LogP contribution in [0.1, 0.15) is 0 Å². The van der Waals surface area contributed by atoms with Gasteiger partial charge >= 0.3 is 0 Å². The molecule has 0 saturated heterocycles. The summed E-state index contributed by atoms with van der Waals surface area (Å²) in [5, 5.41) is 2.59. The summed E-state index contributed by atoms with van der Waals surface area (Å²) in [5.74, 6) is 1.21. The van der Waals surface area contributed by atoms with Crippen molar-refractivity contribution in [3.8, 4) is 23.0 Å². The van der Waals surface area contributed by atoms with E-state index < -0.39 is 22.5 Å². The predicted molar refractivity (Wildman–Crippen MR) is 95.9 cm³/mol. The van der Waals surface area contributed by atoms with Crippen molar-refractivity contribution in [2.24, 2.45) is 0 Å². The van der Waals surface area contributed by atoms with Gasteiger partial charge in [-0.25, -0.2) is 13.1 Å². The molecule has 1 aliphatic rings. The number of anilines is 1. The van der Waals surface area contributed by atoms with Gasteiger partial charge in [-0.15, -0.1) is 0 Å². The number of rotatable bonds is 7. The van der Waals surface area contributed by atoms with Crippen molar-refractivity contribution < 1.29 is 32.2 Å². The number of sulfonamides is 1. The smallest absolute Gasteiger partial charge is 0.241 e. The standard InChI is InChI=1S/C17H18N2O7S/c1-23-11-3-5-13(15(7-11)24-2)19-17(20)9-18-27(21,22)12-4-6-14-16(8-12)26-10-25-14/h3-8,18H,9-10H2,1-2H3,(H,19,20). The summed E-state index contributed by atoms with van der Waals surface area (Å²) < 4.78 is 47.6. The molecule has 10 heteroatoms. The highest BCUT2D eigenvalue weighted by molar-refractivity contribution is 7.89. The van der Waals surface area contributed by atoms with E-state index in [0.29, 0.717) is 28.7 Å². The van der Waals surface area contributed by atoms with Gasteiger partial charge < -0.3 is 24.3 Å². The van der Waals surface area contributed by atoms with Crippen LogP contribution in [0, 0.1) is 0 Å². The van der Waals surface area contributed by atoms with E-state index in [-0.39, 0.29) is 11.7 Å². The average molecular weight is 394 g/mol. The van der Waals surface area contributed by atoms with Gasteiger partial charge in [0.2, 0.25) is 22.7 Å². The maximum Gasteiger partial charge on any atom is 0.241 e. The Labute approximate surface area is 156 Å². The van der Waals surface area contributed by atoms with E-state index in [1.54, 1.807) is 18.2 Å². The minimum absolute atomic E-state index is 0.0263. The molecule has 0 radical (unpaired) electrons. The van der Waals surface area contributed by atoms with Gasteiger partial charge in [-0.2, -0.15) is 0 Å². The lowest BCUT2D eigenvalue weighted by molar-refractivity contribution is -0.115. The predicted octanol–water partition coefficient (Wildman–Crippen LogP) is 1.35. The van der Waals surface area contributed by atoms with Gasteiger partial charge in [0, 0.05) is 12.1 Å². The number of benzene rings is 2. The van der Waals surface area contributed by atoms with E-state index in [1.807, 2.05) is 0 Å². The van der Waals surface area contributed by atoms with Gasteiger partial charge in [0.1, 0.15) is 11.5 Å². The summed E-state index contributed by atoms with van der Waals surface area (Å²) in [6.45, 7) is -0.412. The number of ether oxygens (including phenoxy) is 4. The van der Waals surface area contributed by atoms with Crippen LogP contribution in [-0.2, 0) is 14.8 Å². The Balaban J connectivity index is 1.65. The van der Waals surface area contributed by atoms with Crippen molar-refractivity contribution in [3.63, 3.8) is 0 Å². The molecule has 0 atom stereocenters. The molecule has 0 bridgehead atoms. The first-order valence-electron chi connectivity index (χ1n) is 7.84. The van der Waals surface area contributed by atoms with Crippen LogP contribution in [0.15, 0.2) is 41.3 Å². The number of nitrogens with one attached hydrogen (secondary N) is 2. The second kappa shape index (κ2) is 7.72. The van der Waals surface area contributed by atoms with Crippen molar-refractivity contribution in [2.45, 2.75) is 4.90 Å². The molecule has 27 heavy (non-hydrogen) atoms. The highest BCUT2D eigenvalue weighted by atomic mass is 32.2. The van der Waals surface area contributed by atoms with E-state index in [1.165, 1.54) is 32.4 Å². The Kier molecular flexibility index (Phi) is 5.38. The van der Waals surface area contributed by atoms with Gasteiger partial charge in [0.25, 0.3) is 0 Å². The largest absolute Gasteiger partial charge is 0.497 e. The number of carbonyl (C=O) groups excluding carboxylic acids is 1. The number of methoxy groups -OCH3 is 2. The fourth-order valence-electron chi connectivity index (χ4n) is 2.38. The van der Waals surface area contributed by atoms with Crippen LogP contribution in [0.5, 0.6) is 23.0 Å². The zero-order chi connectivity index (χ0) is 19.4. The maximum atomic E-state index is 12.4. The minimum atomic E-state index is -3.89. The molecular formula is C17H18N2O7S. The highest BCUT2D eigenvalue weighted by Gasteiger charge is 2.21. The minimum Gasteiger partial charge on any atom is -0.497 e. The van der Waals surface area contributed by atoms with Crippen LogP contribution in [-0.4, -0.2) is 41.9 Å². The van der Waals surface area contributed by atoms with Gasteiger partial charge in [-0.1, -0.05) is 0 Å². The van der Waals surface area contributed by atoms with Crippen LogP contribution in [0.25, 0.3) is 0 Å². The topological polar surface area (TPSA) is 112 Å². The second-order valence-corrected chi connectivity index (χ2v) is 7.22. The fourth-order valence-corrected chi connectivity index (χ4v) is 3.38. The molecule has 3 rings (SSSR count). The average Bonchev–Trinajstić information content (AvgIpc) is 3.14. The molecule has 0 aliphatic carbocycles. The molecule has 0 saturated carbocycles. The normalized spacial score (nSPS) is 12.5. The van der Waals surface area contributed by atoms with E-state index in [4.69, 9.17) is 18.9 Å². The summed E-state index contributed by atoms with van der Waals surface area (Å²) in [7, 11) is -0.930. The molecule has 0 unspecified atom stereocenters. The third-order valence-corrected chi connectivity index (χ3v) is 5.16. The monoisotopic (exact) mass is 394 g/mol. The zero-order valence-electron chi connectivity index (χ0n) is 14.6. The highest BCUT2D eigenvalue weighted by Crippen LogP contribution is 2.33. The molecule has 2 aromatic carbocycles. The van der Waals surface area contributed by atoms with Crippen LogP contribution >= 0.6 is 0 Å². The Morgan fingerprint density at radius 1 is 1.07 bits per heavy atom. The lowest BCUT2D eigenvalue weighted by atomic mass is 10.2. The molecule has 0 fully saturated rings. The molecule has 1 aliphatic heterocycles. The molecule has 2 aromatic rings. The lowest BCUT2D eigenvalue weighted by Crippen LogP contribution is -2.33. The van der Waals surface area contributed by atoms with Crippen LogP contribution in [0.2, 0.25) is 0 Å². The SMILES string of the molecule is COc1ccc(NC(=O)CNS(=O)(=O)c2ccc3c(c2)OCO3)c(OC)c1. The van der Waals surface area contributed by atoms with Crippen molar-refractivity contribution >= 4 is 21.6 Å². The Morgan fingerprint density at radius 3 is 2.59 bits per heavy atom. The van der Waals surface area contributed by atoms with Crippen LogP contribution < -0.4 is 29.0 Å². The molecule has 144 valence electrons. The molecule has 9 nitrogen and oxygen atoms in total. The first kappa shape index (κ1) is 18.8. The van der Waals surface area contributed by atoms with Crippen molar-refractivity contribution in [1.82, 2.24) is 4.72 Å². The molecular weight excluding hydrogens is 376 g/mol. The van der Waals surface area contributed by atoms with E-state index in [0.717, 1.165) is 0 Å². The van der Waals surface area contributed by atoms with Crippen molar-refractivity contribution in [3.05, 3.63) is 36.4 Å². The summed E-state index contributed by atoms with van der Waals surface area (Å²) in [6, 6.07) is 9.07. The third kappa shape index (κ3) is 4.23. The summed E-state index contributed by atoms with van der Waals surface area (Å²) >= 11 is 0. The number of carbonyl (C=O) groups is 1. The molecule has 2 N–H and O–H groups in total. The molecule has 0 aromatic heterocycles. The molecule has 1 amide bonds. The van der Waals surface area contributed by atoms with Gasteiger partial charge in [0.15, 0.2) is 11.5 Å². The first-order chi connectivity index (χ1) is 12.9. The zero-order valence-corrected chi connectivity index (χ0v) is 15.5. The number of hydrogen-bond acceptors (Lipinski definition) is 7. The molecule has 0 spiro atoms. The summed E-state index contributed by atoms with van der Waals surface area (Å²) in [4.78, 5) is 12.1. The fraction of sp³-hybridized carbons (Fsp3) is 0.235. The van der Waals surface area contributed by atoms with Crippen molar-refractivity contribution in [2.75, 3.05) is 32.9 Å². The van der Waals surface area contributed by atoms with Gasteiger partial charge in [-0.05, 0) is 24.3 Å². The van der Waals surface area contributed by atoms with E-state index in [9.17, 15) is 13.2 Å². The van der Waals surface area contributed by atoms with Crippen molar-refractivity contribution in [1.29, 1.82) is 0 Å². The third-order valence-electron chi connectivity index (χ3n) is 3.76. The second-order valence-electron chi connectivity index (χ2n) is 5.45. The van der Waals surface area contributed by atoms with E-state index in [2.05, 4.69) is 10.0 Å². The first-order valence-corrected chi connectivity index (χ1v) is 9.32. The Morgan fingerprint density at radius 2 is 1.85 bits per heavy atom. The number of fused-ring (bicyclic) bond motifs is 1. The maximum absolute atomic E-state index is 12.4. The van der Waals surface area contributed by atoms with Gasteiger partial charge in [0.05, 0.1) is 31.3 Å². The quantitative estimate of drug-likeness (QED) is 0.729. The molecule has 1 heterocycles. The Bertz CT molecular complexity index is 960. The van der Waals surface area contributed by atoms with Crippen LogP contribution in [0.3, 0.4) is 0 Å². The number of hydrogen-bond donors (Lipinski definition) is 2. The van der Waals surface area contributed by atoms with E-state index >= 15 is 0 Å². The van der Waals surface area contributed by atoms with Gasteiger partial charge in [-0.3, -0.25) is 4.79 Å². The summed E-state index contributed by atoms with van der Waals surface area (Å²) in [5.41, 5.74) is 0.394. The number of amides is 1. The Hall–Kier alpha value is -2.98.